The predicted octanol–water partition coefficient (Wildman–Crippen LogP) is 4.85. The van der Waals surface area contributed by atoms with E-state index in [4.69, 9.17) is 0 Å². The van der Waals surface area contributed by atoms with E-state index in [0.717, 1.165) is 11.0 Å². The van der Waals surface area contributed by atoms with Crippen LogP contribution in [0.25, 0.3) is 33.0 Å². The standard InChI is InChI=1S/C21H16N3.Ir/c1-14-10-11-15(2)24(14)19-9-5-7-17-20(19)16-6-3-4-8-18(16)23-13-12-22-21(17)23;/h3-6,8-13H,1-2H3;/q-1;. The minimum Gasteiger partial charge on any atom is -0.340 e. The molecule has 0 fully saturated rings. The van der Waals surface area contributed by atoms with Crippen LogP contribution in [0.15, 0.2) is 60.9 Å². The van der Waals surface area contributed by atoms with Crippen molar-refractivity contribution >= 4 is 27.3 Å². The number of fused-ring (bicyclic) bond motifs is 6. The molecule has 3 aromatic heterocycles. The molecule has 0 amide bonds. The zero-order chi connectivity index (χ0) is 16.3. The molecule has 2 aromatic carbocycles. The van der Waals surface area contributed by atoms with Crippen molar-refractivity contribution in [2.24, 2.45) is 0 Å². The molecule has 1 radical (unpaired) electrons. The Hall–Kier alpha value is -2.42. The zero-order valence-electron chi connectivity index (χ0n) is 13.9. The van der Waals surface area contributed by atoms with Gasteiger partial charge in [-0.3, -0.25) is 4.98 Å². The van der Waals surface area contributed by atoms with E-state index in [0.29, 0.717) is 0 Å². The Balaban J connectivity index is 0.00000157. The molecule has 0 aliphatic carbocycles. The molecule has 3 nitrogen and oxygen atoms in total. The predicted molar refractivity (Wildman–Crippen MR) is 97.8 cm³/mol. The van der Waals surface area contributed by atoms with Crippen LogP contribution in [0.4, 0.5) is 0 Å². The van der Waals surface area contributed by atoms with Gasteiger partial charge in [-0.25, -0.2) is 0 Å². The molecule has 0 atom stereocenters. The Morgan fingerprint density at radius 3 is 2.52 bits per heavy atom. The van der Waals surface area contributed by atoms with Crippen molar-refractivity contribution in [1.29, 1.82) is 0 Å². The average molecular weight is 503 g/mol. The molecule has 0 saturated heterocycles. The van der Waals surface area contributed by atoms with Gasteiger partial charge in [0.1, 0.15) is 0 Å². The van der Waals surface area contributed by atoms with Gasteiger partial charge in [0.05, 0.1) is 5.65 Å². The number of pyridine rings is 1. The quantitative estimate of drug-likeness (QED) is 0.237. The summed E-state index contributed by atoms with van der Waals surface area (Å²) in [6, 6.07) is 20.4. The topological polar surface area (TPSA) is 22.2 Å². The first-order chi connectivity index (χ1) is 11.8. The molecule has 0 saturated carbocycles. The van der Waals surface area contributed by atoms with Gasteiger partial charge in [0, 0.05) is 49.4 Å². The second kappa shape index (κ2) is 5.83. The molecule has 25 heavy (non-hydrogen) atoms. The SMILES string of the molecule is Cc1ccc(C)n1-c1cc[c-]c2c1c1ccccc1n1ccnc21.[Ir]. The van der Waals surface area contributed by atoms with Crippen LogP contribution in [-0.2, 0) is 20.1 Å². The molecule has 0 aliphatic rings. The third-order valence-corrected chi connectivity index (χ3v) is 4.78. The molecule has 0 spiro atoms. The fourth-order valence-corrected chi connectivity index (χ4v) is 3.75. The number of hydrogen-bond acceptors (Lipinski definition) is 1. The third kappa shape index (κ3) is 2.18. The van der Waals surface area contributed by atoms with Crippen molar-refractivity contribution in [3.05, 3.63) is 78.4 Å². The fraction of sp³-hybridized carbons (Fsp3) is 0.0952. The van der Waals surface area contributed by atoms with E-state index in [1.807, 2.05) is 18.5 Å². The summed E-state index contributed by atoms with van der Waals surface area (Å²) in [6.45, 7) is 4.29. The minimum atomic E-state index is 0. The summed E-state index contributed by atoms with van der Waals surface area (Å²) in [5.74, 6) is 0. The Morgan fingerprint density at radius 2 is 1.72 bits per heavy atom. The van der Waals surface area contributed by atoms with E-state index in [9.17, 15) is 0 Å². The molecule has 0 N–H and O–H groups in total. The van der Waals surface area contributed by atoms with Gasteiger partial charge in [0.25, 0.3) is 0 Å². The summed E-state index contributed by atoms with van der Waals surface area (Å²) < 4.78 is 4.45. The maximum absolute atomic E-state index is 4.59. The number of rotatable bonds is 1. The summed E-state index contributed by atoms with van der Waals surface area (Å²) >= 11 is 0. The number of aromatic nitrogens is 3. The van der Waals surface area contributed by atoms with E-state index >= 15 is 0 Å². The first kappa shape index (κ1) is 16.1. The number of nitrogens with zero attached hydrogens (tertiary/aromatic N) is 3. The van der Waals surface area contributed by atoms with Crippen LogP contribution >= 0.6 is 0 Å². The van der Waals surface area contributed by atoms with E-state index in [-0.39, 0.29) is 20.1 Å². The third-order valence-electron chi connectivity index (χ3n) is 4.78. The Kier molecular flexibility index (Phi) is 3.75. The van der Waals surface area contributed by atoms with Gasteiger partial charge in [-0.15, -0.1) is 18.2 Å². The van der Waals surface area contributed by atoms with Crippen LogP contribution in [-0.4, -0.2) is 14.0 Å². The molecule has 5 aromatic rings. The van der Waals surface area contributed by atoms with Gasteiger partial charge < -0.3 is 8.97 Å². The van der Waals surface area contributed by atoms with Crippen molar-refractivity contribution in [2.45, 2.75) is 13.8 Å². The van der Waals surface area contributed by atoms with Crippen LogP contribution in [0.5, 0.6) is 0 Å². The van der Waals surface area contributed by atoms with Crippen LogP contribution in [0.1, 0.15) is 11.4 Å². The molecule has 3 heterocycles. The molecular weight excluding hydrogens is 486 g/mol. The van der Waals surface area contributed by atoms with Crippen LogP contribution < -0.4 is 0 Å². The number of benzene rings is 2. The summed E-state index contributed by atoms with van der Waals surface area (Å²) in [5, 5.41) is 3.48. The molecule has 0 unspecified atom stereocenters. The minimum absolute atomic E-state index is 0. The number of imidazole rings is 1. The monoisotopic (exact) mass is 503 g/mol. The van der Waals surface area contributed by atoms with E-state index in [1.54, 1.807) is 0 Å². The molecule has 0 aliphatic heterocycles. The van der Waals surface area contributed by atoms with Crippen molar-refractivity contribution in [3.8, 4) is 5.69 Å². The smallest absolute Gasteiger partial charge is 0.0609 e. The maximum atomic E-state index is 4.59. The van der Waals surface area contributed by atoms with Gasteiger partial charge in [-0.2, -0.15) is 0 Å². The van der Waals surface area contributed by atoms with E-state index in [1.165, 1.54) is 33.4 Å². The van der Waals surface area contributed by atoms with Gasteiger partial charge in [-0.1, -0.05) is 29.0 Å². The maximum Gasteiger partial charge on any atom is 0.0609 e. The van der Waals surface area contributed by atoms with Gasteiger partial charge in [0.2, 0.25) is 0 Å². The Morgan fingerprint density at radius 1 is 0.960 bits per heavy atom. The van der Waals surface area contributed by atoms with Crippen molar-refractivity contribution in [1.82, 2.24) is 14.0 Å². The van der Waals surface area contributed by atoms with Gasteiger partial charge in [0.15, 0.2) is 0 Å². The molecule has 4 heteroatoms. The summed E-state index contributed by atoms with van der Waals surface area (Å²) in [5.41, 5.74) is 5.76. The summed E-state index contributed by atoms with van der Waals surface area (Å²) in [4.78, 5) is 4.59. The molecule has 0 bridgehead atoms. The normalized spacial score (nSPS) is 11.3. The second-order valence-corrected chi connectivity index (χ2v) is 6.20. The molecular formula is C21H16IrN3-. The van der Waals surface area contributed by atoms with Crippen LogP contribution in [0, 0.1) is 19.9 Å². The Labute approximate surface area is 159 Å². The number of para-hydroxylation sites is 1. The largest absolute Gasteiger partial charge is 0.340 e. The number of aryl methyl sites for hydroxylation is 2. The molecule has 5 rings (SSSR count). The van der Waals surface area contributed by atoms with Crippen molar-refractivity contribution in [3.63, 3.8) is 0 Å². The van der Waals surface area contributed by atoms with Crippen LogP contribution in [0.3, 0.4) is 0 Å². The fourth-order valence-electron chi connectivity index (χ4n) is 3.75. The average Bonchev–Trinajstić information content (AvgIpc) is 3.22. The second-order valence-electron chi connectivity index (χ2n) is 6.20. The summed E-state index contributed by atoms with van der Waals surface area (Å²) in [6.07, 6.45) is 3.87. The first-order valence-electron chi connectivity index (χ1n) is 8.09. The van der Waals surface area contributed by atoms with Crippen LogP contribution in [0.2, 0.25) is 0 Å². The van der Waals surface area contributed by atoms with Gasteiger partial charge in [-0.05, 0) is 43.1 Å². The Bertz CT molecular complexity index is 1210. The van der Waals surface area contributed by atoms with Crippen molar-refractivity contribution < 1.29 is 20.1 Å². The summed E-state index contributed by atoms with van der Waals surface area (Å²) in [7, 11) is 0. The van der Waals surface area contributed by atoms with E-state index < -0.39 is 0 Å². The molecule has 125 valence electrons. The van der Waals surface area contributed by atoms with Gasteiger partial charge >= 0.3 is 0 Å². The first-order valence-corrected chi connectivity index (χ1v) is 8.09. The van der Waals surface area contributed by atoms with Crippen molar-refractivity contribution in [2.75, 3.05) is 0 Å². The zero-order valence-corrected chi connectivity index (χ0v) is 16.3. The number of hydrogen-bond donors (Lipinski definition) is 0. The van der Waals surface area contributed by atoms with E-state index in [2.05, 4.69) is 76.3 Å².